The number of amides is 1. The van der Waals surface area contributed by atoms with Crippen molar-refractivity contribution in [2.24, 2.45) is 17.1 Å². The summed E-state index contributed by atoms with van der Waals surface area (Å²) in [5.74, 6) is 0.902. The van der Waals surface area contributed by atoms with Crippen LogP contribution in [0.25, 0.3) is 0 Å². The summed E-state index contributed by atoms with van der Waals surface area (Å²) in [4.78, 5) is 11.8. The molecule has 0 radical (unpaired) electrons. The second-order valence-corrected chi connectivity index (χ2v) is 7.91. The second-order valence-electron chi connectivity index (χ2n) is 7.51. The number of rotatable bonds is 3. The molecule has 0 saturated heterocycles. The molecule has 1 aromatic rings. The van der Waals surface area contributed by atoms with E-state index >= 15 is 0 Å². The van der Waals surface area contributed by atoms with Crippen molar-refractivity contribution < 1.29 is 9.53 Å². The van der Waals surface area contributed by atoms with Crippen LogP contribution in [0.15, 0.2) is 18.2 Å². The quantitative estimate of drug-likeness (QED) is 0.866. The van der Waals surface area contributed by atoms with Crippen LogP contribution in [0.5, 0.6) is 0 Å². The van der Waals surface area contributed by atoms with E-state index < -0.39 is 11.7 Å². The van der Waals surface area contributed by atoms with Gasteiger partial charge in [-0.3, -0.25) is 5.32 Å². The summed E-state index contributed by atoms with van der Waals surface area (Å²) in [5.41, 5.74) is 7.22. The first-order chi connectivity index (χ1) is 10.1. The number of nitrogens with two attached hydrogens (primary N) is 1. The fourth-order valence-corrected chi connectivity index (χ4v) is 3.32. The largest absolute Gasteiger partial charge is 0.444 e. The Morgan fingerprint density at radius 3 is 2.50 bits per heavy atom. The number of carbonyl (C=O) groups is 1. The van der Waals surface area contributed by atoms with Crippen molar-refractivity contribution in [1.82, 2.24) is 0 Å². The maximum Gasteiger partial charge on any atom is 0.412 e. The molecular formula is C17H25ClN2O2. The lowest BCUT2D eigenvalue weighted by atomic mass is 10.0. The third-order valence-electron chi connectivity index (χ3n) is 4.29. The highest BCUT2D eigenvalue weighted by Gasteiger charge is 2.57. The topological polar surface area (TPSA) is 64.3 Å². The second kappa shape index (κ2) is 5.74. The molecule has 0 heterocycles. The summed E-state index contributed by atoms with van der Waals surface area (Å²) >= 11 is 6.30. The fourth-order valence-electron chi connectivity index (χ4n) is 3.09. The Kier molecular flexibility index (Phi) is 4.46. The molecule has 0 unspecified atom stereocenters. The molecule has 1 fully saturated rings. The monoisotopic (exact) mass is 324 g/mol. The lowest BCUT2D eigenvalue weighted by molar-refractivity contribution is 0.0636. The molecule has 0 aromatic heterocycles. The van der Waals surface area contributed by atoms with Crippen LogP contribution in [-0.4, -0.2) is 18.2 Å². The first-order valence-corrected chi connectivity index (χ1v) is 7.93. The van der Waals surface area contributed by atoms with E-state index in [4.69, 9.17) is 22.1 Å². The molecule has 2 atom stereocenters. The van der Waals surface area contributed by atoms with E-state index in [-0.39, 0.29) is 5.41 Å². The van der Waals surface area contributed by atoms with Gasteiger partial charge in [-0.2, -0.15) is 0 Å². The van der Waals surface area contributed by atoms with Crippen molar-refractivity contribution in [1.29, 1.82) is 0 Å². The fraction of sp³-hybridized carbons (Fsp3) is 0.588. The summed E-state index contributed by atoms with van der Waals surface area (Å²) in [6, 6.07) is 5.74. The van der Waals surface area contributed by atoms with Crippen molar-refractivity contribution >= 4 is 23.4 Å². The highest BCUT2D eigenvalue weighted by atomic mass is 35.5. The maximum absolute atomic E-state index is 11.8. The van der Waals surface area contributed by atoms with Gasteiger partial charge < -0.3 is 10.5 Å². The summed E-state index contributed by atoms with van der Waals surface area (Å²) in [6.07, 6.45) is -0.506. The molecule has 0 spiro atoms. The van der Waals surface area contributed by atoms with Crippen molar-refractivity contribution in [3.8, 4) is 0 Å². The summed E-state index contributed by atoms with van der Waals surface area (Å²) < 4.78 is 5.23. The number of ether oxygens (including phenoxy) is 1. The normalized spacial score (nSPS) is 23.0. The van der Waals surface area contributed by atoms with E-state index in [1.165, 1.54) is 5.56 Å². The van der Waals surface area contributed by atoms with Crippen LogP contribution >= 0.6 is 11.6 Å². The zero-order valence-corrected chi connectivity index (χ0v) is 14.6. The molecule has 22 heavy (non-hydrogen) atoms. The lowest BCUT2D eigenvalue weighted by Crippen LogP contribution is -2.27. The molecule has 1 amide bonds. The molecule has 3 N–H and O–H groups in total. The summed E-state index contributed by atoms with van der Waals surface area (Å²) in [5, 5.41) is 3.20. The van der Waals surface area contributed by atoms with E-state index in [1.807, 2.05) is 39.0 Å². The molecule has 1 saturated carbocycles. The number of anilines is 1. The third-order valence-corrected chi connectivity index (χ3v) is 4.60. The van der Waals surface area contributed by atoms with E-state index in [1.54, 1.807) is 0 Å². The summed E-state index contributed by atoms with van der Waals surface area (Å²) in [7, 11) is 0. The molecule has 1 aromatic carbocycles. The van der Waals surface area contributed by atoms with Gasteiger partial charge in [0.1, 0.15) is 5.60 Å². The van der Waals surface area contributed by atoms with Crippen molar-refractivity contribution in [2.75, 3.05) is 11.9 Å². The van der Waals surface area contributed by atoms with Gasteiger partial charge in [0.15, 0.2) is 0 Å². The molecule has 0 aliphatic heterocycles. The Bertz CT molecular complexity index is 579. The zero-order valence-electron chi connectivity index (χ0n) is 13.9. The van der Waals surface area contributed by atoms with Gasteiger partial charge in [0.2, 0.25) is 0 Å². The van der Waals surface area contributed by atoms with Crippen LogP contribution in [0, 0.1) is 11.3 Å². The maximum atomic E-state index is 11.8. The van der Waals surface area contributed by atoms with E-state index in [0.29, 0.717) is 29.1 Å². The van der Waals surface area contributed by atoms with Crippen molar-refractivity contribution in [2.45, 2.75) is 46.1 Å². The van der Waals surface area contributed by atoms with Crippen molar-refractivity contribution in [3.63, 3.8) is 0 Å². The van der Waals surface area contributed by atoms with Crippen LogP contribution in [0.2, 0.25) is 5.02 Å². The van der Waals surface area contributed by atoms with Gasteiger partial charge in [0.25, 0.3) is 0 Å². The molecular weight excluding hydrogens is 300 g/mol. The smallest absolute Gasteiger partial charge is 0.412 e. The van der Waals surface area contributed by atoms with E-state index in [9.17, 15) is 4.79 Å². The van der Waals surface area contributed by atoms with E-state index in [0.717, 1.165) is 0 Å². The standard InChI is InChI=1S/C17H25ClN2O2/c1-16(2,3)22-15(21)20-13-7-6-10(8-12(13)18)14-11(9-19)17(14,4)5/h6-8,11,14H,9,19H2,1-5H3,(H,20,21)/t11-,14-/m1/s1. The first kappa shape index (κ1) is 17.1. The van der Waals surface area contributed by atoms with Crippen LogP contribution in [-0.2, 0) is 4.74 Å². The molecule has 2 rings (SSSR count). The van der Waals surface area contributed by atoms with Gasteiger partial charge in [0, 0.05) is 0 Å². The van der Waals surface area contributed by atoms with Gasteiger partial charge in [0.05, 0.1) is 10.7 Å². The highest BCUT2D eigenvalue weighted by Crippen LogP contribution is 2.64. The number of nitrogens with one attached hydrogen (secondary N) is 1. The van der Waals surface area contributed by atoms with Gasteiger partial charge in [-0.05, 0) is 62.3 Å². The third kappa shape index (κ3) is 3.55. The predicted octanol–water partition coefficient (Wildman–Crippen LogP) is 4.39. The average molecular weight is 325 g/mol. The molecule has 0 bridgehead atoms. The molecule has 1 aliphatic rings. The Morgan fingerprint density at radius 2 is 2.05 bits per heavy atom. The minimum absolute atomic E-state index is 0.207. The van der Waals surface area contributed by atoms with Gasteiger partial charge in [-0.15, -0.1) is 0 Å². The summed E-state index contributed by atoms with van der Waals surface area (Å²) in [6.45, 7) is 10.6. The molecule has 1 aliphatic carbocycles. The van der Waals surface area contributed by atoms with Crippen LogP contribution in [0.3, 0.4) is 0 Å². The van der Waals surface area contributed by atoms with Gasteiger partial charge in [-0.1, -0.05) is 31.5 Å². The predicted molar refractivity (Wildman–Crippen MR) is 90.4 cm³/mol. The van der Waals surface area contributed by atoms with Crippen LogP contribution in [0.1, 0.15) is 46.1 Å². The minimum Gasteiger partial charge on any atom is -0.444 e. The van der Waals surface area contributed by atoms with Gasteiger partial charge in [-0.25, -0.2) is 4.79 Å². The average Bonchev–Trinajstić information content (AvgIpc) is 2.91. The van der Waals surface area contributed by atoms with Crippen LogP contribution < -0.4 is 11.1 Å². The molecule has 4 nitrogen and oxygen atoms in total. The van der Waals surface area contributed by atoms with E-state index in [2.05, 4.69) is 19.2 Å². The van der Waals surface area contributed by atoms with Crippen LogP contribution in [0.4, 0.5) is 10.5 Å². The van der Waals surface area contributed by atoms with Crippen molar-refractivity contribution in [3.05, 3.63) is 28.8 Å². The van der Waals surface area contributed by atoms with Gasteiger partial charge >= 0.3 is 6.09 Å². The Morgan fingerprint density at radius 1 is 1.41 bits per heavy atom. The number of benzene rings is 1. The highest BCUT2D eigenvalue weighted by molar-refractivity contribution is 6.33. The molecule has 5 heteroatoms. The number of halogens is 1. The zero-order chi connectivity index (χ0) is 16.7. The Balaban J connectivity index is 2.10. The lowest BCUT2D eigenvalue weighted by Gasteiger charge is -2.20. The number of hydrogen-bond acceptors (Lipinski definition) is 3. The number of hydrogen-bond donors (Lipinski definition) is 2. The number of carbonyl (C=O) groups excluding carboxylic acids is 1. The Labute approximate surface area is 137 Å². The SMILES string of the molecule is CC(C)(C)OC(=O)Nc1ccc([C@@H]2[C@@H](CN)C2(C)C)cc1Cl. The minimum atomic E-state index is -0.539. The molecule has 122 valence electrons. The first-order valence-electron chi connectivity index (χ1n) is 7.56. The Hall–Kier alpha value is -1.26.